The monoisotopic (exact) mass is 288 g/mol. The molecule has 1 fully saturated rings. The van der Waals surface area contributed by atoms with Gasteiger partial charge in [-0.05, 0) is 49.7 Å². The number of carbonyl (C=O) groups is 1. The molecule has 0 bridgehead atoms. The first-order valence-electron chi connectivity index (χ1n) is 8.01. The van der Waals surface area contributed by atoms with Crippen LogP contribution in [0.4, 0.5) is 0 Å². The van der Waals surface area contributed by atoms with Gasteiger partial charge in [-0.15, -0.1) is 0 Å². The Labute approximate surface area is 126 Å². The average molecular weight is 288 g/mol. The van der Waals surface area contributed by atoms with Gasteiger partial charge in [-0.3, -0.25) is 4.79 Å². The SMILES string of the molecule is COC1(C(=O)c2cccc3c2OCCC3)CCCC(C)C1. The smallest absolute Gasteiger partial charge is 0.198 e. The summed E-state index contributed by atoms with van der Waals surface area (Å²) in [7, 11) is 1.67. The van der Waals surface area contributed by atoms with Gasteiger partial charge < -0.3 is 9.47 Å². The minimum absolute atomic E-state index is 0.107. The van der Waals surface area contributed by atoms with Crippen LogP contribution in [0, 0.1) is 5.92 Å². The first-order chi connectivity index (χ1) is 10.2. The molecule has 2 unspecified atom stereocenters. The van der Waals surface area contributed by atoms with Gasteiger partial charge in [0.25, 0.3) is 0 Å². The van der Waals surface area contributed by atoms with Crippen LogP contribution in [-0.4, -0.2) is 25.1 Å². The Balaban J connectivity index is 1.97. The van der Waals surface area contributed by atoms with Crippen molar-refractivity contribution in [1.82, 2.24) is 0 Å². The molecular formula is C18H24O3. The topological polar surface area (TPSA) is 35.5 Å². The number of ether oxygens (including phenoxy) is 2. The summed E-state index contributed by atoms with van der Waals surface area (Å²) in [6.07, 6.45) is 5.88. The van der Waals surface area contributed by atoms with E-state index in [4.69, 9.17) is 9.47 Å². The van der Waals surface area contributed by atoms with Crippen molar-refractivity contribution >= 4 is 5.78 Å². The second-order valence-corrected chi connectivity index (χ2v) is 6.47. The van der Waals surface area contributed by atoms with E-state index in [-0.39, 0.29) is 5.78 Å². The van der Waals surface area contributed by atoms with E-state index in [0.29, 0.717) is 18.1 Å². The van der Waals surface area contributed by atoms with E-state index >= 15 is 0 Å². The normalized spacial score (nSPS) is 28.6. The van der Waals surface area contributed by atoms with Crippen LogP contribution in [0.15, 0.2) is 18.2 Å². The molecule has 0 radical (unpaired) electrons. The number of hydrogen-bond donors (Lipinski definition) is 0. The second kappa shape index (κ2) is 5.80. The van der Waals surface area contributed by atoms with Crippen LogP contribution in [0.1, 0.15) is 54.9 Å². The van der Waals surface area contributed by atoms with Crippen LogP contribution in [0.2, 0.25) is 0 Å². The number of ketones is 1. The van der Waals surface area contributed by atoms with Crippen LogP contribution >= 0.6 is 0 Å². The van der Waals surface area contributed by atoms with E-state index in [0.717, 1.165) is 43.4 Å². The largest absolute Gasteiger partial charge is 0.493 e. The predicted molar refractivity (Wildman–Crippen MR) is 82.0 cm³/mol. The summed E-state index contributed by atoms with van der Waals surface area (Å²) in [5.74, 6) is 1.43. The summed E-state index contributed by atoms with van der Waals surface area (Å²) in [5, 5.41) is 0. The molecule has 0 spiro atoms. The van der Waals surface area contributed by atoms with Gasteiger partial charge in [-0.1, -0.05) is 25.5 Å². The van der Waals surface area contributed by atoms with Crippen molar-refractivity contribution in [1.29, 1.82) is 0 Å². The molecule has 1 saturated carbocycles. The second-order valence-electron chi connectivity index (χ2n) is 6.47. The highest BCUT2D eigenvalue weighted by molar-refractivity contribution is 6.05. The van der Waals surface area contributed by atoms with E-state index in [1.54, 1.807) is 7.11 Å². The average Bonchev–Trinajstić information content (AvgIpc) is 2.53. The Hall–Kier alpha value is -1.35. The minimum atomic E-state index is -0.659. The van der Waals surface area contributed by atoms with Crippen LogP contribution in [0.5, 0.6) is 5.75 Å². The molecule has 3 heteroatoms. The molecular weight excluding hydrogens is 264 g/mol. The van der Waals surface area contributed by atoms with Crippen molar-refractivity contribution in [2.24, 2.45) is 5.92 Å². The molecule has 2 atom stereocenters. The van der Waals surface area contributed by atoms with Gasteiger partial charge in [0.05, 0.1) is 12.2 Å². The summed E-state index contributed by atoms with van der Waals surface area (Å²) in [6, 6.07) is 5.93. The molecule has 0 aromatic heterocycles. The zero-order valence-electron chi connectivity index (χ0n) is 13.0. The van der Waals surface area contributed by atoms with Crippen LogP contribution < -0.4 is 4.74 Å². The molecule has 1 aromatic carbocycles. The highest BCUT2D eigenvalue weighted by Crippen LogP contribution is 2.40. The zero-order valence-corrected chi connectivity index (χ0v) is 13.0. The molecule has 1 heterocycles. The Morgan fingerprint density at radius 2 is 2.24 bits per heavy atom. The number of methoxy groups -OCH3 is 1. The van der Waals surface area contributed by atoms with Gasteiger partial charge in [-0.2, -0.15) is 0 Å². The third-order valence-corrected chi connectivity index (χ3v) is 4.94. The van der Waals surface area contributed by atoms with Gasteiger partial charge in [0.2, 0.25) is 0 Å². The van der Waals surface area contributed by atoms with Crippen LogP contribution in [0.25, 0.3) is 0 Å². The van der Waals surface area contributed by atoms with E-state index in [9.17, 15) is 4.79 Å². The Bertz CT molecular complexity index is 537. The molecule has 0 saturated heterocycles. The maximum Gasteiger partial charge on any atom is 0.198 e. The Morgan fingerprint density at radius 3 is 3.00 bits per heavy atom. The Morgan fingerprint density at radius 1 is 1.38 bits per heavy atom. The lowest BCUT2D eigenvalue weighted by Gasteiger charge is -2.38. The van der Waals surface area contributed by atoms with Crippen molar-refractivity contribution in [2.45, 2.75) is 51.0 Å². The number of hydrogen-bond acceptors (Lipinski definition) is 3. The molecule has 3 nitrogen and oxygen atoms in total. The standard InChI is InChI=1S/C18H24O3/c1-13-6-4-10-18(12-13,20-2)17(19)15-9-3-7-14-8-5-11-21-16(14)15/h3,7,9,13H,4-6,8,10-12H2,1-2H3. The molecule has 0 N–H and O–H groups in total. The lowest BCUT2D eigenvalue weighted by Crippen LogP contribution is -2.45. The van der Waals surface area contributed by atoms with Gasteiger partial charge in [0.1, 0.15) is 11.4 Å². The van der Waals surface area contributed by atoms with Crippen LogP contribution in [-0.2, 0) is 11.2 Å². The van der Waals surface area contributed by atoms with E-state index in [1.807, 2.05) is 12.1 Å². The molecule has 1 aromatic rings. The van der Waals surface area contributed by atoms with E-state index in [1.165, 1.54) is 6.42 Å². The van der Waals surface area contributed by atoms with Crippen molar-refractivity contribution in [2.75, 3.05) is 13.7 Å². The summed E-state index contributed by atoms with van der Waals surface area (Å²) in [6.45, 7) is 2.91. The fraction of sp³-hybridized carbons (Fsp3) is 0.611. The molecule has 1 aliphatic heterocycles. The van der Waals surface area contributed by atoms with E-state index in [2.05, 4.69) is 13.0 Å². The van der Waals surface area contributed by atoms with Crippen molar-refractivity contribution in [3.8, 4) is 5.75 Å². The lowest BCUT2D eigenvalue weighted by molar-refractivity contribution is -0.0304. The highest BCUT2D eigenvalue weighted by atomic mass is 16.5. The first kappa shape index (κ1) is 14.6. The number of fused-ring (bicyclic) bond motifs is 1. The number of Topliss-reactive ketones (excluding diaryl/α,β-unsaturated/α-hetero) is 1. The van der Waals surface area contributed by atoms with Crippen molar-refractivity contribution < 1.29 is 14.3 Å². The zero-order chi connectivity index (χ0) is 14.9. The van der Waals surface area contributed by atoms with Crippen LogP contribution in [0.3, 0.4) is 0 Å². The highest BCUT2D eigenvalue weighted by Gasteiger charge is 2.43. The van der Waals surface area contributed by atoms with E-state index < -0.39 is 5.60 Å². The summed E-state index contributed by atoms with van der Waals surface area (Å²) < 4.78 is 11.6. The fourth-order valence-electron chi connectivity index (χ4n) is 3.80. The van der Waals surface area contributed by atoms with Gasteiger partial charge in [-0.25, -0.2) is 0 Å². The molecule has 1 aliphatic carbocycles. The summed E-state index contributed by atoms with van der Waals surface area (Å²) in [4.78, 5) is 13.2. The third-order valence-electron chi connectivity index (χ3n) is 4.94. The molecule has 3 rings (SSSR count). The number of benzene rings is 1. The fourth-order valence-corrected chi connectivity index (χ4v) is 3.80. The number of rotatable bonds is 3. The maximum atomic E-state index is 13.2. The van der Waals surface area contributed by atoms with Crippen molar-refractivity contribution in [3.63, 3.8) is 0 Å². The third kappa shape index (κ3) is 2.59. The summed E-state index contributed by atoms with van der Waals surface area (Å²) in [5.41, 5.74) is 1.21. The molecule has 2 aliphatic rings. The van der Waals surface area contributed by atoms with Gasteiger partial charge >= 0.3 is 0 Å². The van der Waals surface area contributed by atoms with Gasteiger partial charge in [0, 0.05) is 7.11 Å². The Kier molecular flexibility index (Phi) is 4.03. The molecule has 21 heavy (non-hydrogen) atoms. The lowest BCUT2D eigenvalue weighted by atomic mass is 9.74. The summed E-state index contributed by atoms with van der Waals surface area (Å²) >= 11 is 0. The minimum Gasteiger partial charge on any atom is -0.493 e. The molecule has 114 valence electrons. The number of para-hydroxylation sites is 1. The van der Waals surface area contributed by atoms with Gasteiger partial charge in [0.15, 0.2) is 5.78 Å². The first-order valence-corrected chi connectivity index (χ1v) is 8.01. The maximum absolute atomic E-state index is 13.2. The number of aryl methyl sites for hydroxylation is 1. The quantitative estimate of drug-likeness (QED) is 0.794. The number of carbonyl (C=O) groups excluding carboxylic acids is 1. The van der Waals surface area contributed by atoms with Crippen molar-refractivity contribution in [3.05, 3.63) is 29.3 Å². The predicted octanol–water partition coefficient (Wildman–Crippen LogP) is 3.79. The molecule has 0 amide bonds.